The van der Waals surface area contributed by atoms with Gasteiger partial charge >= 0.3 is 0 Å². The van der Waals surface area contributed by atoms with E-state index in [-0.39, 0.29) is 5.54 Å². The quantitative estimate of drug-likeness (QED) is 0.783. The highest BCUT2D eigenvalue weighted by molar-refractivity contribution is 6.90. The van der Waals surface area contributed by atoms with Gasteiger partial charge in [0.05, 0.1) is 0 Å². The van der Waals surface area contributed by atoms with Gasteiger partial charge in [0.25, 0.3) is 0 Å². The zero-order valence-corrected chi connectivity index (χ0v) is 18.1. The summed E-state index contributed by atoms with van der Waals surface area (Å²) in [5, 5.41) is 1.48. The van der Waals surface area contributed by atoms with Crippen molar-refractivity contribution in [2.45, 2.75) is 51.2 Å². The molecular formula is C24H32N2Si. The van der Waals surface area contributed by atoms with Crippen LogP contribution in [0.25, 0.3) is 5.70 Å². The highest BCUT2D eigenvalue weighted by atomic mass is 28.3. The third-order valence-electron chi connectivity index (χ3n) is 5.97. The molecule has 2 nitrogen and oxygen atoms in total. The van der Waals surface area contributed by atoms with Crippen LogP contribution in [0.5, 0.6) is 0 Å². The Balaban J connectivity index is 1.84. The van der Waals surface area contributed by atoms with Crippen LogP contribution < -0.4 is 10.2 Å². The summed E-state index contributed by atoms with van der Waals surface area (Å²) in [4.78, 5) is 6.73. The summed E-state index contributed by atoms with van der Waals surface area (Å²) in [6.07, 6.45) is 5.23. The fourth-order valence-corrected chi connectivity index (χ4v) is 9.41. The lowest BCUT2D eigenvalue weighted by Gasteiger charge is -2.40. The molecule has 2 atom stereocenters. The maximum Gasteiger partial charge on any atom is 0.166 e. The summed E-state index contributed by atoms with van der Waals surface area (Å²) >= 11 is 0. The molecule has 4 rings (SSSR count). The Morgan fingerprint density at radius 3 is 2.22 bits per heavy atom. The third-order valence-corrected chi connectivity index (χ3v) is 10.5. The van der Waals surface area contributed by atoms with Gasteiger partial charge in [-0.3, -0.25) is 0 Å². The van der Waals surface area contributed by atoms with Crippen LogP contribution in [0.4, 0.5) is 0 Å². The van der Waals surface area contributed by atoms with E-state index in [0.717, 1.165) is 0 Å². The fourth-order valence-electron chi connectivity index (χ4n) is 4.94. The van der Waals surface area contributed by atoms with Gasteiger partial charge in [0.1, 0.15) is 0 Å². The zero-order valence-electron chi connectivity index (χ0n) is 17.1. The lowest BCUT2D eigenvalue weighted by Crippen LogP contribution is -2.66. The number of hydrogen-bond acceptors (Lipinski definition) is 2. The average molecular weight is 377 g/mol. The largest absolute Gasteiger partial charge is 0.371 e. The molecule has 1 fully saturated rings. The Morgan fingerprint density at radius 1 is 0.926 bits per heavy atom. The van der Waals surface area contributed by atoms with Crippen molar-refractivity contribution in [1.82, 2.24) is 9.88 Å². The number of likely N-dealkylation sites (tertiary alicyclic amines) is 1. The molecular weight excluding hydrogens is 344 g/mol. The van der Waals surface area contributed by atoms with Crippen molar-refractivity contribution in [3.63, 3.8) is 0 Å². The van der Waals surface area contributed by atoms with Crippen LogP contribution in [-0.4, -0.2) is 31.8 Å². The van der Waals surface area contributed by atoms with Gasteiger partial charge in [-0.15, -0.1) is 0 Å². The summed E-state index contributed by atoms with van der Waals surface area (Å²) in [6.45, 7) is 11.8. The lowest BCUT2D eigenvalue weighted by atomic mass is 10.1. The van der Waals surface area contributed by atoms with Gasteiger partial charge in [0, 0.05) is 35.4 Å². The van der Waals surface area contributed by atoms with Crippen LogP contribution in [0.1, 0.15) is 50.3 Å². The Morgan fingerprint density at radius 2 is 1.56 bits per heavy atom. The molecule has 0 amide bonds. The number of nitrogens with zero attached hydrogens (tertiary/aromatic N) is 1. The second-order valence-electron chi connectivity index (χ2n) is 9.25. The summed E-state index contributed by atoms with van der Waals surface area (Å²) in [6, 6.07) is 20.3. The summed E-state index contributed by atoms with van der Waals surface area (Å²) in [5.74, 6) is 0. The van der Waals surface area contributed by atoms with Crippen molar-refractivity contribution in [3.8, 4) is 0 Å². The monoisotopic (exact) mass is 376 g/mol. The first-order chi connectivity index (χ1) is 12.9. The molecule has 2 aromatic rings. The Bertz CT molecular complexity index is 831. The SMILES string of the molecule is CC(C)(C)N[Si](C)(c1ccccc1)C1C=C(N2CCCC2)c2ccccc21. The first-order valence-corrected chi connectivity index (χ1v) is 12.9. The zero-order chi connectivity index (χ0) is 19.1. The molecule has 1 N–H and O–H groups in total. The van der Waals surface area contributed by atoms with Crippen molar-refractivity contribution in [3.05, 3.63) is 71.8 Å². The molecule has 1 aliphatic heterocycles. The normalized spacial score (nSPS) is 21.7. The number of rotatable bonds is 4. The minimum atomic E-state index is -2.02. The maximum atomic E-state index is 4.12. The first kappa shape index (κ1) is 18.5. The molecule has 0 radical (unpaired) electrons. The number of allylic oxidation sites excluding steroid dienone is 1. The van der Waals surface area contributed by atoms with Crippen LogP contribution in [0.3, 0.4) is 0 Å². The van der Waals surface area contributed by atoms with Crippen LogP contribution >= 0.6 is 0 Å². The number of hydrogen-bond donors (Lipinski definition) is 1. The van der Waals surface area contributed by atoms with E-state index in [4.69, 9.17) is 0 Å². The van der Waals surface area contributed by atoms with E-state index in [9.17, 15) is 0 Å². The standard InChI is InChI=1S/C24H32N2Si/c1-24(2,3)25-27(4,19-12-6-5-7-13-19)23-18-22(26-16-10-11-17-26)20-14-8-9-15-21(20)23/h5-9,12-15,18,23,25H,10-11,16-17H2,1-4H3. The molecule has 1 aliphatic carbocycles. The van der Waals surface area contributed by atoms with Crippen molar-refractivity contribution >= 4 is 19.1 Å². The van der Waals surface area contributed by atoms with Gasteiger partial charge in [0.2, 0.25) is 0 Å². The van der Waals surface area contributed by atoms with Gasteiger partial charge in [-0.25, -0.2) is 0 Å². The molecule has 27 heavy (non-hydrogen) atoms. The van der Waals surface area contributed by atoms with E-state index in [1.54, 1.807) is 0 Å². The van der Waals surface area contributed by atoms with E-state index in [2.05, 4.69) is 97.9 Å². The molecule has 0 saturated carbocycles. The molecule has 1 saturated heterocycles. The van der Waals surface area contributed by atoms with E-state index >= 15 is 0 Å². The van der Waals surface area contributed by atoms with Crippen molar-refractivity contribution in [2.24, 2.45) is 0 Å². The molecule has 0 spiro atoms. The van der Waals surface area contributed by atoms with Crippen LogP contribution in [-0.2, 0) is 0 Å². The molecule has 3 heteroatoms. The topological polar surface area (TPSA) is 15.3 Å². The number of benzene rings is 2. The van der Waals surface area contributed by atoms with E-state index < -0.39 is 8.24 Å². The lowest BCUT2D eigenvalue weighted by molar-refractivity contribution is 0.493. The summed E-state index contributed by atoms with van der Waals surface area (Å²) in [7, 11) is -2.02. The Labute approximate surface area is 165 Å². The van der Waals surface area contributed by atoms with E-state index in [0.29, 0.717) is 5.54 Å². The van der Waals surface area contributed by atoms with Crippen LogP contribution in [0.15, 0.2) is 60.7 Å². The summed E-state index contributed by atoms with van der Waals surface area (Å²) < 4.78 is 0. The van der Waals surface area contributed by atoms with Crippen LogP contribution in [0.2, 0.25) is 6.55 Å². The summed E-state index contributed by atoms with van der Waals surface area (Å²) in [5.41, 5.74) is 4.96. The van der Waals surface area contributed by atoms with Gasteiger partial charge in [-0.1, -0.05) is 67.2 Å². The fraction of sp³-hybridized carbons (Fsp3) is 0.417. The second kappa shape index (κ2) is 6.96. The molecule has 0 aromatic heterocycles. The van der Waals surface area contributed by atoms with E-state index in [1.165, 1.54) is 47.9 Å². The smallest absolute Gasteiger partial charge is 0.166 e. The number of nitrogens with one attached hydrogen (secondary N) is 1. The van der Waals surface area contributed by atoms with Gasteiger partial charge < -0.3 is 9.88 Å². The second-order valence-corrected chi connectivity index (χ2v) is 13.1. The molecule has 142 valence electrons. The third kappa shape index (κ3) is 3.51. The van der Waals surface area contributed by atoms with Crippen molar-refractivity contribution in [2.75, 3.05) is 13.1 Å². The first-order valence-electron chi connectivity index (χ1n) is 10.3. The molecule has 1 heterocycles. The van der Waals surface area contributed by atoms with Crippen LogP contribution in [0, 0.1) is 0 Å². The van der Waals surface area contributed by atoms with Gasteiger partial charge in [-0.05, 0) is 44.4 Å². The predicted molar refractivity (Wildman–Crippen MR) is 119 cm³/mol. The Hall–Kier alpha value is -1.84. The van der Waals surface area contributed by atoms with Gasteiger partial charge in [0.15, 0.2) is 8.24 Å². The molecule has 0 bridgehead atoms. The minimum absolute atomic E-state index is 0.0794. The molecule has 2 aromatic carbocycles. The van der Waals surface area contributed by atoms with Gasteiger partial charge in [-0.2, -0.15) is 0 Å². The van der Waals surface area contributed by atoms with Crippen molar-refractivity contribution in [1.29, 1.82) is 0 Å². The average Bonchev–Trinajstić information content (AvgIpc) is 3.29. The van der Waals surface area contributed by atoms with E-state index in [1.807, 2.05) is 0 Å². The maximum absolute atomic E-state index is 4.12. The van der Waals surface area contributed by atoms with Crippen molar-refractivity contribution < 1.29 is 0 Å². The molecule has 2 aliphatic rings. The predicted octanol–water partition coefficient (Wildman–Crippen LogP) is 4.63. The number of fused-ring (bicyclic) bond motifs is 1. The minimum Gasteiger partial charge on any atom is -0.371 e. The Kier molecular flexibility index (Phi) is 4.77. The highest BCUT2D eigenvalue weighted by Crippen LogP contribution is 2.42. The molecule has 2 unspecified atom stereocenters. The highest BCUT2D eigenvalue weighted by Gasteiger charge is 2.45.